The zero-order valence-electron chi connectivity index (χ0n) is 14.0. The third-order valence-electron chi connectivity index (χ3n) is 2.94. The maximum absolute atomic E-state index is 10.1. The first kappa shape index (κ1) is 21.9. The number of hydrogen-bond donors (Lipinski definition) is 7. The molecular weight excluding hydrogens is 298 g/mol. The van der Waals surface area contributed by atoms with Gasteiger partial charge in [0.15, 0.2) is 0 Å². The van der Waals surface area contributed by atoms with Crippen LogP contribution in [0.2, 0.25) is 0 Å². The second-order valence-corrected chi connectivity index (χ2v) is 5.05. The van der Waals surface area contributed by atoms with Crippen LogP contribution < -0.4 is 38.1 Å². The highest BCUT2D eigenvalue weighted by atomic mass is 16.2. The topological polar surface area (TPSA) is 146 Å². The Morgan fingerprint density at radius 2 is 0.957 bits per heavy atom. The van der Waals surface area contributed by atoms with E-state index in [0.717, 1.165) is 52.4 Å². The largest absolute Gasteiger partial charge is 0.329 e. The van der Waals surface area contributed by atoms with E-state index in [9.17, 15) is 9.59 Å². The Morgan fingerprint density at radius 3 is 1.17 bits per heavy atom. The molecule has 23 heavy (non-hydrogen) atoms. The van der Waals surface area contributed by atoms with E-state index in [4.69, 9.17) is 11.5 Å². The summed E-state index contributed by atoms with van der Waals surface area (Å²) in [5.74, 6) is -0.296. The van der Waals surface area contributed by atoms with Crippen molar-refractivity contribution < 1.29 is 9.59 Å². The number of nitrogens with two attached hydrogens (primary N) is 2. The van der Waals surface area contributed by atoms with E-state index >= 15 is 0 Å². The fourth-order valence-electron chi connectivity index (χ4n) is 1.74. The maximum atomic E-state index is 10.1. The molecule has 0 spiro atoms. The number of hydrogen-bond acceptors (Lipinski definition) is 8. The van der Waals surface area contributed by atoms with Crippen molar-refractivity contribution in [3.8, 4) is 0 Å². The van der Waals surface area contributed by atoms with Crippen molar-refractivity contribution >= 4 is 11.8 Å². The van der Waals surface area contributed by atoms with Gasteiger partial charge in [0.2, 0.25) is 11.8 Å². The molecule has 136 valence electrons. The molecule has 1 fully saturated rings. The molecule has 0 atom stereocenters. The van der Waals surface area contributed by atoms with Gasteiger partial charge in [-0.1, -0.05) is 0 Å². The molecule has 0 unspecified atom stereocenters. The summed E-state index contributed by atoms with van der Waals surface area (Å²) >= 11 is 0. The first-order chi connectivity index (χ1) is 11.2. The van der Waals surface area contributed by atoms with Crippen LogP contribution in [0.4, 0.5) is 0 Å². The Morgan fingerprint density at radius 1 is 0.652 bits per heavy atom. The monoisotopic (exact) mass is 331 g/mol. The van der Waals surface area contributed by atoms with Crippen molar-refractivity contribution in [1.29, 1.82) is 0 Å². The van der Waals surface area contributed by atoms with Crippen LogP contribution in [0, 0.1) is 0 Å². The molecule has 0 aliphatic carbocycles. The van der Waals surface area contributed by atoms with E-state index in [2.05, 4.69) is 26.6 Å². The van der Waals surface area contributed by atoms with Gasteiger partial charge in [-0.15, -0.1) is 0 Å². The predicted octanol–water partition coefficient (Wildman–Crippen LogP) is -3.31. The molecule has 1 saturated heterocycles. The Kier molecular flexibility index (Phi) is 16.4. The second kappa shape index (κ2) is 17.3. The summed E-state index contributed by atoms with van der Waals surface area (Å²) in [7, 11) is 0. The molecule has 2 amide bonds. The molecule has 9 heteroatoms. The van der Waals surface area contributed by atoms with E-state index in [1.165, 1.54) is 0 Å². The summed E-state index contributed by atoms with van der Waals surface area (Å²) in [5.41, 5.74) is 10.7. The predicted molar refractivity (Wildman–Crippen MR) is 92.0 cm³/mol. The minimum Gasteiger partial charge on any atom is -0.329 e. The highest BCUT2D eigenvalue weighted by Gasteiger charge is 2.15. The van der Waals surface area contributed by atoms with E-state index in [-0.39, 0.29) is 11.8 Å². The molecule has 1 aliphatic heterocycles. The van der Waals surface area contributed by atoms with Gasteiger partial charge in [0.05, 0.1) is 0 Å². The summed E-state index contributed by atoms with van der Waals surface area (Å²) < 4.78 is 0. The van der Waals surface area contributed by atoms with Crippen LogP contribution in [0.1, 0.15) is 12.8 Å². The molecule has 0 aromatic rings. The van der Waals surface area contributed by atoms with Gasteiger partial charge in [0, 0.05) is 78.3 Å². The number of carbonyl (C=O) groups excluding carboxylic acids is 2. The van der Waals surface area contributed by atoms with Gasteiger partial charge in [0.1, 0.15) is 0 Å². The van der Waals surface area contributed by atoms with Crippen LogP contribution in [-0.4, -0.2) is 77.3 Å². The highest BCUT2D eigenvalue weighted by molar-refractivity contribution is 6.01. The zero-order chi connectivity index (χ0) is 17.2. The fraction of sp³-hybridized carbons (Fsp3) is 0.857. The first-order valence-corrected chi connectivity index (χ1v) is 8.26. The van der Waals surface area contributed by atoms with Crippen LogP contribution in [0.5, 0.6) is 0 Å². The Bertz CT molecular complexity index is 275. The molecule has 9 N–H and O–H groups in total. The van der Waals surface area contributed by atoms with E-state index in [0.29, 0.717) is 25.9 Å². The first-order valence-electron chi connectivity index (χ1n) is 8.26. The lowest BCUT2D eigenvalue weighted by Gasteiger charge is -2.07. The van der Waals surface area contributed by atoms with Gasteiger partial charge in [-0.05, 0) is 0 Å². The molecule has 0 aromatic carbocycles. The molecule has 1 rings (SSSR count). The number of amides is 2. The number of carbonyl (C=O) groups is 2. The quantitative estimate of drug-likeness (QED) is 0.137. The van der Waals surface area contributed by atoms with Crippen molar-refractivity contribution in [2.75, 3.05) is 65.4 Å². The van der Waals surface area contributed by atoms with Crippen LogP contribution in [-0.2, 0) is 9.59 Å². The lowest BCUT2D eigenvalue weighted by Crippen LogP contribution is -2.36. The van der Waals surface area contributed by atoms with Gasteiger partial charge in [-0.25, -0.2) is 0 Å². The molecule has 1 aliphatic rings. The summed E-state index contributed by atoms with van der Waals surface area (Å²) in [6, 6.07) is 0. The summed E-state index contributed by atoms with van der Waals surface area (Å²) in [5, 5.41) is 15.3. The highest BCUT2D eigenvalue weighted by Crippen LogP contribution is 1.95. The van der Waals surface area contributed by atoms with Crippen LogP contribution in [0.3, 0.4) is 0 Å². The zero-order valence-corrected chi connectivity index (χ0v) is 14.0. The third-order valence-corrected chi connectivity index (χ3v) is 2.94. The van der Waals surface area contributed by atoms with Crippen molar-refractivity contribution in [3.05, 3.63) is 0 Å². The average molecular weight is 331 g/mol. The molecule has 0 saturated carbocycles. The summed E-state index contributed by atoms with van der Waals surface area (Å²) in [4.78, 5) is 20.2. The number of imide groups is 1. The van der Waals surface area contributed by atoms with Crippen LogP contribution >= 0.6 is 0 Å². The van der Waals surface area contributed by atoms with Crippen molar-refractivity contribution in [2.24, 2.45) is 11.5 Å². The molecule has 1 heterocycles. The Hall–Kier alpha value is -1.10. The lowest BCUT2D eigenvalue weighted by atomic mass is 10.4. The lowest BCUT2D eigenvalue weighted by molar-refractivity contribution is -0.124. The van der Waals surface area contributed by atoms with E-state index in [1.54, 1.807) is 0 Å². The third kappa shape index (κ3) is 17.1. The van der Waals surface area contributed by atoms with E-state index in [1.807, 2.05) is 0 Å². The molecule has 0 bridgehead atoms. The number of nitrogens with one attached hydrogen (secondary N) is 5. The minimum atomic E-state index is -0.148. The smallest absolute Gasteiger partial charge is 0.227 e. The SMILES string of the molecule is NCCNCCNCCNCCNCCN.O=C1CCC(=O)N1. The molecule has 0 radical (unpaired) electrons. The van der Waals surface area contributed by atoms with E-state index < -0.39 is 0 Å². The average Bonchev–Trinajstić information content (AvgIpc) is 2.92. The molecule has 9 nitrogen and oxygen atoms in total. The standard InChI is InChI=1S/C10H28N6.C4H5NO2/c11-1-3-13-5-7-15-9-10-16-8-6-14-4-2-12;6-3-1-2-4(7)5-3/h13-16H,1-12H2;1-2H2,(H,5,6,7). The Balaban J connectivity index is 0.000000568. The summed E-state index contributed by atoms with van der Waals surface area (Å²) in [6.07, 6.45) is 0.748. The van der Waals surface area contributed by atoms with Gasteiger partial charge in [0.25, 0.3) is 0 Å². The van der Waals surface area contributed by atoms with Crippen molar-refractivity contribution in [2.45, 2.75) is 12.8 Å². The van der Waals surface area contributed by atoms with Gasteiger partial charge in [-0.2, -0.15) is 0 Å². The minimum absolute atomic E-state index is 0.148. The summed E-state index contributed by atoms with van der Waals surface area (Å²) in [6.45, 7) is 9.15. The maximum Gasteiger partial charge on any atom is 0.227 e. The normalized spacial score (nSPS) is 13.7. The molecular formula is C14H33N7O2. The van der Waals surface area contributed by atoms with Gasteiger partial charge >= 0.3 is 0 Å². The van der Waals surface area contributed by atoms with Crippen LogP contribution in [0.15, 0.2) is 0 Å². The van der Waals surface area contributed by atoms with Gasteiger partial charge in [-0.3, -0.25) is 14.9 Å². The Labute approximate surface area is 138 Å². The van der Waals surface area contributed by atoms with Gasteiger partial charge < -0.3 is 32.7 Å². The van der Waals surface area contributed by atoms with Crippen molar-refractivity contribution in [1.82, 2.24) is 26.6 Å². The van der Waals surface area contributed by atoms with Crippen LogP contribution in [0.25, 0.3) is 0 Å². The number of rotatable bonds is 13. The molecule has 0 aromatic heterocycles. The second-order valence-electron chi connectivity index (χ2n) is 5.05. The fourth-order valence-corrected chi connectivity index (χ4v) is 1.74. The van der Waals surface area contributed by atoms with Crippen molar-refractivity contribution in [3.63, 3.8) is 0 Å².